The van der Waals surface area contributed by atoms with Gasteiger partial charge in [0.05, 0.1) is 0 Å². The highest BCUT2D eigenvalue weighted by Gasteiger charge is 2.58. The van der Waals surface area contributed by atoms with Gasteiger partial charge in [0.25, 0.3) is 0 Å². The summed E-state index contributed by atoms with van der Waals surface area (Å²) in [6, 6.07) is 0. The molecule has 0 aliphatic heterocycles. The van der Waals surface area contributed by atoms with Crippen molar-refractivity contribution in [3.8, 4) is 0 Å². The van der Waals surface area contributed by atoms with Crippen molar-refractivity contribution in [2.24, 2.45) is 29.1 Å². The molecule has 0 bridgehead atoms. The molecule has 1 aliphatic carbocycles. The molecule has 4 unspecified atom stereocenters. The lowest BCUT2D eigenvalue weighted by Gasteiger charge is -2.16. The Kier molecular flexibility index (Phi) is 3.09. The SMILES string of the molecule is CCC1(C)C(C)C1C(C)CC(C)C. The molecule has 0 radical (unpaired) electrons. The lowest BCUT2D eigenvalue weighted by molar-refractivity contribution is 0.337. The maximum absolute atomic E-state index is 2.47. The van der Waals surface area contributed by atoms with Crippen molar-refractivity contribution in [2.45, 2.75) is 54.4 Å². The third kappa shape index (κ3) is 1.92. The molecule has 0 aromatic carbocycles. The van der Waals surface area contributed by atoms with Crippen molar-refractivity contribution in [2.75, 3.05) is 0 Å². The van der Waals surface area contributed by atoms with Gasteiger partial charge in [-0.25, -0.2) is 0 Å². The Morgan fingerprint density at radius 1 is 1.23 bits per heavy atom. The molecule has 1 rings (SSSR count). The van der Waals surface area contributed by atoms with Gasteiger partial charge in [-0.3, -0.25) is 0 Å². The predicted molar refractivity (Wildman–Crippen MR) is 59.7 cm³/mol. The zero-order valence-corrected chi connectivity index (χ0v) is 10.2. The second kappa shape index (κ2) is 3.63. The third-order valence-electron chi connectivity index (χ3n) is 4.45. The zero-order chi connectivity index (χ0) is 10.2. The van der Waals surface area contributed by atoms with Crippen molar-refractivity contribution >= 4 is 0 Å². The fourth-order valence-corrected chi connectivity index (χ4v) is 3.43. The zero-order valence-electron chi connectivity index (χ0n) is 10.2. The molecule has 13 heavy (non-hydrogen) atoms. The molecule has 1 saturated carbocycles. The molecule has 0 saturated heterocycles. The average Bonchev–Trinajstić information content (AvgIpc) is 2.54. The van der Waals surface area contributed by atoms with Crippen molar-refractivity contribution < 1.29 is 0 Å². The van der Waals surface area contributed by atoms with Crippen LogP contribution in [0.25, 0.3) is 0 Å². The van der Waals surface area contributed by atoms with Gasteiger partial charge in [-0.2, -0.15) is 0 Å². The van der Waals surface area contributed by atoms with Crippen LogP contribution in [-0.4, -0.2) is 0 Å². The van der Waals surface area contributed by atoms with Gasteiger partial charge in [0.2, 0.25) is 0 Å². The molecule has 0 spiro atoms. The summed E-state index contributed by atoms with van der Waals surface area (Å²) >= 11 is 0. The lowest BCUT2D eigenvalue weighted by Crippen LogP contribution is -2.07. The van der Waals surface area contributed by atoms with E-state index in [-0.39, 0.29) is 0 Å². The van der Waals surface area contributed by atoms with Crippen molar-refractivity contribution in [3.05, 3.63) is 0 Å². The maximum Gasteiger partial charge on any atom is -0.0266 e. The average molecular weight is 182 g/mol. The normalized spacial score (nSPS) is 40.8. The van der Waals surface area contributed by atoms with Gasteiger partial charge in [-0.1, -0.05) is 48.0 Å². The molecule has 0 heteroatoms. The third-order valence-corrected chi connectivity index (χ3v) is 4.45. The minimum Gasteiger partial charge on any atom is -0.0648 e. The van der Waals surface area contributed by atoms with Crippen LogP contribution in [0.2, 0.25) is 0 Å². The van der Waals surface area contributed by atoms with Gasteiger partial charge >= 0.3 is 0 Å². The van der Waals surface area contributed by atoms with E-state index < -0.39 is 0 Å². The minimum absolute atomic E-state index is 0.675. The summed E-state index contributed by atoms with van der Waals surface area (Å²) in [5, 5.41) is 0. The van der Waals surface area contributed by atoms with Crippen LogP contribution < -0.4 is 0 Å². The lowest BCUT2D eigenvalue weighted by atomic mass is 9.89. The minimum atomic E-state index is 0.675. The highest BCUT2D eigenvalue weighted by atomic mass is 14.6. The Bertz CT molecular complexity index is 171. The van der Waals surface area contributed by atoms with Crippen LogP contribution in [0.5, 0.6) is 0 Å². The van der Waals surface area contributed by atoms with Crippen LogP contribution >= 0.6 is 0 Å². The maximum atomic E-state index is 2.47. The highest BCUT2D eigenvalue weighted by molar-refractivity contribution is 5.06. The van der Waals surface area contributed by atoms with E-state index in [1.165, 1.54) is 12.8 Å². The van der Waals surface area contributed by atoms with Gasteiger partial charge < -0.3 is 0 Å². The second-order valence-corrected chi connectivity index (χ2v) is 5.78. The molecule has 0 heterocycles. The number of hydrogen-bond donors (Lipinski definition) is 0. The predicted octanol–water partition coefficient (Wildman–Crippen LogP) is 4.35. The van der Waals surface area contributed by atoms with Crippen LogP contribution in [0.4, 0.5) is 0 Å². The van der Waals surface area contributed by atoms with E-state index in [0.29, 0.717) is 5.41 Å². The van der Waals surface area contributed by atoms with Crippen LogP contribution in [0.1, 0.15) is 54.4 Å². The summed E-state index contributed by atoms with van der Waals surface area (Å²) in [6.45, 7) is 14.4. The summed E-state index contributed by atoms with van der Waals surface area (Å²) in [4.78, 5) is 0. The van der Waals surface area contributed by atoms with E-state index in [9.17, 15) is 0 Å². The Morgan fingerprint density at radius 2 is 1.77 bits per heavy atom. The van der Waals surface area contributed by atoms with Gasteiger partial charge in [0.15, 0.2) is 0 Å². The summed E-state index contributed by atoms with van der Waals surface area (Å²) in [6.07, 6.45) is 2.77. The Hall–Kier alpha value is 0. The molecule has 0 aromatic rings. The fraction of sp³-hybridized carbons (Fsp3) is 1.00. The van der Waals surface area contributed by atoms with E-state index in [1.807, 2.05) is 0 Å². The number of rotatable bonds is 4. The first-order chi connectivity index (χ1) is 5.93. The van der Waals surface area contributed by atoms with E-state index in [0.717, 1.165) is 23.7 Å². The van der Waals surface area contributed by atoms with Gasteiger partial charge in [0.1, 0.15) is 0 Å². The molecule has 1 fully saturated rings. The van der Waals surface area contributed by atoms with Gasteiger partial charge in [-0.05, 0) is 35.5 Å². The molecule has 0 aromatic heterocycles. The molecule has 78 valence electrons. The summed E-state index contributed by atoms with van der Waals surface area (Å²) in [5.74, 6) is 3.76. The standard InChI is InChI=1S/C13H26/c1-7-13(6)11(5)12(13)10(4)8-9(2)3/h9-12H,7-8H2,1-6H3. The first-order valence-corrected chi connectivity index (χ1v) is 5.93. The van der Waals surface area contributed by atoms with E-state index in [2.05, 4.69) is 41.5 Å². The molecule has 4 atom stereocenters. The first kappa shape index (κ1) is 11.1. The second-order valence-electron chi connectivity index (χ2n) is 5.78. The molecular weight excluding hydrogens is 156 g/mol. The first-order valence-electron chi connectivity index (χ1n) is 5.93. The van der Waals surface area contributed by atoms with E-state index in [4.69, 9.17) is 0 Å². The molecular formula is C13H26. The van der Waals surface area contributed by atoms with E-state index >= 15 is 0 Å². The van der Waals surface area contributed by atoms with Gasteiger partial charge in [-0.15, -0.1) is 0 Å². The summed E-state index contributed by atoms with van der Waals surface area (Å²) in [5.41, 5.74) is 0.675. The molecule has 0 N–H and O–H groups in total. The van der Waals surface area contributed by atoms with Crippen LogP contribution in [0.15, 0.2) is 0 Å². The van der Waals surface area contributed by atoms with Crippen molar-refractivity contribution in [3.63, 3.8) is 0 Å². The Morgan fingerprint density at radius 3 is 2.08 bits per heavy atom. The summed E-state index contributed by atoms with van der Waals surface area (Å²) in [7, 11) is 0. The van der Waals surface area contributed by atoms with Crippen LogP contribution in [0.3, 0.4) is 0 Å². The van der Waals surface area contributed by atoms with Crippen LogP contribution in [0, 0.1) is 29.1 Å². The topological polar surface area (TPSA) is 0 Å². The molecule has 0 amide bonds. The highest BCUT2D eigenvalue weighted by Crippen LogP contribution is 2.64. The monoisotopic (exact) mass is 182 g/mol. The molecule has 1 aliphatic rings. The van der Waals surface area contributed by atoms with Crippen LogP contribution in [-0.2, 0) is 0 Å². The number of hydrogen-bond acceptors (Lipinski definition) is 0. The summed E-state index contributed by atoms with van der Waals surface area (Å²) < 4.78 is 0. The van der Waals surface area contributed by atoms with Crippen molar-refractivity contribution in [1.29, 1.82) is 0 Å². The largest absolute Gasteiger partial charge is 0.0648 e. The Balaban J connectivity index is 2.47. The van der Waals surface area contributed by atoms with Crippen molar-refractivity contribution in [1.82, 2.24) is 0 Å². The van der Waals surface area contributed by atoms with E-state index in [1.54, 1.807) is 0 Å². The smallest absolute Gasteiger partial charge is 0.0266 e. The Labute approximate surface area is 84.1 Å². The molecule has 0 nitrogen and oxygen atoms in total. The van der Waals surface area contributed by atoms with Gasteiger partial charge in [0, 0.05) is 0 Å². The quantitative estimate of drug-likeness (QED) is 0.606. The fourth-order valence-electron chi connectivity index (χ4n) is 3.43.